The first-order chi connectivity index (χ1) is 12.4. The van der Waals surface area contributed by atoms with Gasteiger partial charge in [0.05, 0.1) is 0 Å². The monoisotopic (exact) mass is 370 g/mol. The van der Waals surface area contributed by atoms with Gasteiger partial charge < -0.3 is 15.4 Å². The van der Waals surface area contributed by atoms with Crippen molar-refractivity contribution < 1.29 is 22.3 Å². The number of aromatic nitrogens is 1. The molecule has 9 heteroatoms. The van der Waals surface area contributed by atoms with Crippen molar-refractivity contribution in [1.29, 1.82) is 0 Å². The molecule has 1 aromatic heterocycles. The number of halogens is 4. The first-order valence-corrected chi connectivity index (χ1v) is 7.69. The normalized spacial score (nSPS) is 12.0. The molecule has 2 N–H and O–H groups in total. The van der Waals surface area contributed by atoms with Crippen molar-refractivity contribution in [2.45, 2.75) is 19.3 Å². The Hall–Kier alpha value is -2.84. The average molecular weight is 370 g/mol. The van der Waals surface area contributed by atoms with E-state index in [9.17, 15) is 17.6 Å². The second-order valence-electron chi connectivity index (χ2n) is 5.31. The van der Waals surface area contributed by atoms with E-state index in [0.29, 0.717) is 19.0 Å². The number of benzene rings is 1. The second-order valence-corrected chi connectivity index (χ2v) is 5.31. The first kappa shape index (κ1) is 19.5. The van der Waals surface area contributed by atoms with E-state index in [-0.39, 0.29) is 11.7 Å². The maximum absolute atomic E-state index is 12.9. The third-order valence-electron chi connectivity index (χ3n) is 3.24. The zero-order valence-corrected chi connectivity index (χ0v) is 14.0. The Bertz CT molecular complexity index is 715. The van der Waals surface area contributed by atoms with Crippen molar-refractivity contribution >= 4 is 5.96 Å². The lowest BCUT2D eigenvalue weighted by Crippen LogP contribution is -2.36. The van der Waals surface area contributed by atoms with Gasteiger partial charge >= 0.3 is 6.18 Å². The Morgan fingerprint density at radius 3 is 2.19 bits per heavy atom. The smallest absolute Gasteiger partial charge is 0.422 e. The molecule has 140 valence electrons. The molecule has 1 heterocycles. The molecule has 1 aromatic carbocycles. The van der Waals surface area contributed by atoms with Gasteiger partial charge in [0.25, 0.3) is 0 Å². The zero-order chi connectivity index (χ0) is 19.0. The number of pyridine rings is 1. The lowest BCUT2D eigenvalue weighted by atomic mass is 10.2. The third-order valence-corrected chi connectivity index (χ3v) is 3.24. The van der Waals surface area contributed by atoms with E-state index in [1.807, 2.05) is 0 Å². The second kappa shape index (κ2) is 9.02. The summed E-state index contributed by atoms with van der Waals surface area (Å²) in [6.07, 6.45) is -2.98. The molecule has 0 aliphatic rings. The standard InChI is InChI=1S/C17H18F4N4O/c1-22-16(24-8-12-2-5-14(18)6-3-12)25-10-13-4-7-15(23-9-13)26-11-17(19,20)21/h2-7,9H,8,10-11H2,1H3,(H2,22,24,25). The van der Waals surface area contributed by atoms with Crippen LogP contribution in [0.25, 0.3) is 0 Å². The van der Waals surface area contributed by atoms with Crippen LogP contribution in [0.5, 0.6) is 5.88 Å². The molecular formula is C17H18F4N4O. The van der Waals surface area contributed by atoms with Gasteiger partial charge in [-0.25, -0.2) is 9.37 Å². The summed E-state index contributed by atoms with van der Waals surface area (Å²) in [6, 6.07) is 9.07. The first-order valence-electron chi connectivity index (χ1n) is 7.69. The molecule has 5 nitrogen and oxygen atoms in total. The van der Waals surface area contributed by atoms with E-state index in [1.54, 1.807) is 25.2 Å². The van der Waals surface area contributed by atoms with Crippen LogP contribution in [0.2, 0.25) is 0 Å². The fourth-order valence-corrected chi connectivity index (χ4v) is 1.95. The number of alkyl halides is 3. The van der Waals surface area contributed by atoms with Gasteiger partial charge in [0, 0.05) is 32.4 Å². The van der Waals surface area contributed by atoms with Gasteiger partial charge in [-0.2, -0.15) is 13.2 Å². The molecule has 26 heavy (non-hydrogen) atoms. The van der Waals surface area contributed by atoms with Crippen LogP contribution in [-0.2, 0) is 13.1 Å². The van der Waals surface area contributed by atoms with Crippen LogP contribution in [0.4, 0.5) is 17.6 Å². The summed E-state index contributed by atoms with van der Waals surface area (Å²) in [7, 11) is 1.60. The van der Waals surface area contributed by atoms with Crippen LogP contribution in [-0.4, -0.2) is 30.8 Å². The molecule has 0 unspecified atom stereocenters. The summed E-state index contributed by atoms with van der Waals surface area (Å²) in [5.41, 5.74) is 1.64. The Balaban J connectivity index is 1.79. The van der Waals surface area contributed by atoms with Crippen LogP contribution in [0, 0.1) is 5.82 Å². The van der Waals surface area contributed by atoms with Crippen molar-refractivity contribution in [2.75, 3.05) is 13.7 Å². The van der Waals surface area contributed by atoms with E-state index < -0.39 is 12.8 Å². The van der Waals surface area contributed by atoms with Crippen LogP contribution >= 0.6 is 0 Å². The van der Waals surface area contributed by atoms with E-state index in [2.05, 4.69) is 25.3 Å². The quantitative estimate of drug-likeness (QED) is 0.466. The molecule has 0 aliphatic heterocycles. The van der Waals surface area contributed by atoms with Crippen LogP contribution in [0.1, 0.15) is 11.1 Å². The molecule has 0 spiro atoms. The fourth-order valence-electron chi connectivity index (χ4n) is 1.95. The van der Waals surface area contributed by atoms with E-state index in [4.69, 9.17) is 0 Å². The summed E-state index contributed by atoms with van der Waals surface area (Å²) >= 11 is 0. The topological polar surface area (TPSA) is 58.5 Å². The Morgan fingerprint density at radius 2 is 1.65 bits per heavy atom. The molecule has 0 saturated heterocycles. The summed E-state index contributed by atoms with van der Waals surface area (Å²) in [5, 5.41) is 6.12. The van der Waals surface area contributed by atoms with Crippen molar-refractivity contribution in [3.63, 3.8) is 0 Å². The predicted molar refractivity (Wildman–Crippen MR) is 89.2 cm³/mol. The molecule has 0 aliphatic carbocycles. The van der Waals surface area contributed by atoms with Crippen molar-refractivity contribution in [2.24, 2.45) is 4.99 Å². The summed E-state index contributed by atoms with van der Waals surface area (Å²) in [5.74, 6) is 0.128. The maximum Gasteiger partial charge on any atom is 0.422 e. The lowest BCUT2D eigenvalue weighted by molar-refractivity contribution is -0.154. The summed E-state index contributed by atoms with van der Waals surface area (Å²) < 4.78 is 53.7. The van der Waals surface area contributed by atoms with Crippen LogP contribution in [0.3, 0.4) is 0 Å². The number of rotatable bonds is 6. The molecule has 2 aromatic rings. The highest BCUT2D eigenvalue weighted by Crippen LogP contribution is 2.17. The van der Waals surface area contributed by atoms with Gasteiger partial charge in [-0.05, 0) is 23.3 Å². The number of guanidine groups is 1. The minimum atomic E-state index is -4.40. The Morgan fingerprint density at radius 1 is 1.04 bits per heavy atom. The van der Waals surface area contributed by atoms with Crippen molar-refractivity contribution in [1.82, 2.24) is 15.6 Å². The number of ether oxygens (including phenoxy) is 1. The molecule has 0 bridgehead atoms. The molecule has 0 saturated carbocycles. The molecule has 2 rings (SSSR count). The summed E-state index contributed by atoms with van der Waals surface area (Å²) in [4.78, 5) is 7.89. The minimum absolute atomic E-state index is 0.0927. The van der Waals surface area contributed by atoms with Crippen LogP contribution in [0.15, 0.2) is 47.6 Å². The molecule has 0 amide bonds. The summed E-state index contributed by atoms with van der Waals surface area (Å²) in [6.45, 7) is -0.546. The van der Waals surface area contributed by atoms with Gasteiger partial charge in [-0.3, -0.25) is 4.99 Å². The minimum Gasteiger partial charge on any atom is -0.468 e. The SMILES string of the molecule is CN=C(NCc1ccc(F)cc1)NCc1ccc(OCC(F)(F)F)nc1. The van der Waals surface area contributed by atoms with Gasteiger partial charge in [0.15, 0.2) is 12.6 Å². The highest BCUT2D eigenvalue weighted by molar-refractivity contribution is 5.79. The molecule has 0 fully saturated rings. The third kappa shape index (κ3) is 6.96. The van der Waals surface area contributed by atoms with Crippen molar-refractivity contribution in [3.05, 3.63) is 59.5 Å². The Labute approximate surface area is 148 Å². The Kier molecular flexibility index (Phi) is 6.76. The number of nitrogens with one attached hydrogen (secondary N) is 2. The highest BCUT2D eigenvalue weighted by atomic mass is 19.4. The number of nitrogens with zero attached hydrogens (tertiary/aromatic N) is 2. The largest absolute Gasteiger partial charge is 0.468 e. The maximum atomic E-state index is 12.9. The average Bonchev–Trinajstić information content (AvgIpc) is 2.62. The molecular weight excluding hydrogens is 352 g/mol. The predicted octanol–water partition coefficient (Wildman–Crippen LogP) is 3.03. The molecule has 0 atom stereocenters. The lowest BCUT2D eigenvalue weighted by Gasteiger charge is -2.12. The van der Waals surface area contributed by atoms with E-state index in [0.717, 1.165) is 11.1 Å². The number of hydrogen-bond donors (Lipinski definition) is 2. The van der Waals surface area contributed by atoms with Gasteiger partial charge in [0.1, 0.15) is 5.82 Å². The number of hydrogen-bond acceptors (Lipinski definition) is 3. The fraction of sp³-hybridized carbons (Fsp3) is 0.294. The van der Waals surface area contributed by atoms with Gasteiger partial charge in [-0.1, -0.05) is 18.2 Å². The number of aliphatic imine (C=N–C) groups is 1. The van der Waals surface area contributed by atoms with E-state index in [1.165, 1.54) is 24.4 Å². The van der Waals surface area contributed by atoms with E-state index >= 15 is 0 Å². The zero-order valence-electron chi connectivity index (χ0n) is 14.0. The van der Waals surface area contributed by atoms with Crippen LogP contribution < -0.4 is 15.4 Å². The molecule has 0 radical (unpaired) electrons. The van der Waals surface area contributed by atoms with Crippen molar-refractivity contribution in [3.8, 4) is 5.88 Å². The van der Waals surface area contributed by atoms with Gasteiger partial charge in [0.2, 0.25) is 5.88 Å². The highest BCUT2D eigenvalue weighted by Gasteiger charge is 2.28. The van der Waals surface area contributed by atoms with Gasteiger partial charge in [-0.15, -0.1) is 0 Å².